The van der Waals surface area contributed by atoms with E-state index < -0.39 is 0 Å². The number of hydrogen-bond acceptors (Lipinski definition) is 5. The van der Waals surface area contributed by atoms with Gasteiger partial charge in [-0.1, -0.05) is 24.3 Å². The predicted octanol–water partition coefficient (Wildman–Crippen LogP) is 3.64. The maximum Gasteiger partial charge on any atom is 0.410 e. The molecule has 3 aromatic rings. The third-order valence-electron chi connectivity index (χ3n) is 8.36. The number of hydrogen-bond donors (Lipinski definition) is 0. The fourth-order valence-corrected chi connectivity index (χ4v) is 6.01. The maximum absolute atomic E-state index is 12.5. The molecule has 3 aliphatic heterocycles. The lowest BCUT2D eigenvalue weighted by Gasteiger charge is -2.35. The van der Waals surface area contributed by atoms with E-state index in [9.17, 15) is 4.79 Å². The Hall–Kier alpha value is -3.28. The Labute approximate surface area is 225 Å². The van der Waals surface area contributed by atoms with Gasteiger partial charge in [0, 0.05) is 50.7 Å². The van der Waals surface area contributed by atoms with Crippen LogP contribution in [0.4, 0.5) is 10.5 Å². The number of aromatic nitrogens is 2. The van der Waals surface area contributed by atoms with Gasteiger partial charge in [0.05, 0.1) is 36.3 Å². The Bertz CT molecular complexity index is 1240. The van der Waals surface area contributed by atoms with Gasteiger partial charge in [-0.2, -0.15) is 0 Å². The molecule has 0 spiro atoms. The predicted molar refractivity (Wildman–Crippen MR) is 145 cm³/mol. The number of piperazine rings is 1. The van der Waals surface area contributed by atoms with Crippen LogP contribution in [0.25, 0.3) is 16.6 Å². The molecule has 0 bridgehead atoms. The summed E-state index contributed by atoms with van der Waals surface area (Å²) >= 11 is 0. The van der Waals surface area contributed by atoms with Gasteiger partial charge in [-0.15, -0.1) is 0 Å². The Balaban J connectivity index is 1.13. The lowest BCUT2D eigenvalue weighted by atomic mass is 9.89. The molecule has 38 heavy (non-hydrogen) atoms. The van der Waals surface area contributed by atoms with Crippen molar-refractivity contribution in [3.05, 3.63) is 54.4 Å². The summed E-state index contributed by atoms with van der Waals surface area (Å²) in [6.45, 7) is 10.9. The van der Waals surface area contributed by atoms with Gasteiger partial charge >= 0.3 is 12.3 Å². The van der Waals surface area contributed by atoms with Crippen molar-refractivity contribution in [2.75, 3.05) is 57.4 Å². The zero-order valence-electron chi connectivity index (χ0n) is 22.5. The van der Waals surface area contributed by atoms with Crippen LogP contribution in [0.5, 0.6) is 0 Å². The highest BCUT2D eigenvalue weighted by atomic mass is 16.6. The topological polar surface area (TPSA) is 63.8 Å². The zero-order valence-corrected chi connectivity index (χ0v) is 22.5. The van der Waals surface area contributed by atoms with E-state index in [2.05, 4.69) is 71.5 Å². The van der Waals surface area contributed by atoms with Crippen LogP contribution in [0.2, 0.25) is 0 Å². The molecule has 5 heterocycles. The fraction of sp³-hybridized carbons (Fsp3) is 0.533. The largest absolute Gasteiger partial charge is 0.444 e. The first-order valence-electron chi connectivity index (χ1n) is 14.1. The van der Waals surface area contributed by atoms with Gasteiger partial charge in [0.25, 0.3) is 0 Å². The molecule has 0 radical (unpaired) electrons. The fourth-order valence-electron chi connectivity index (χ4n) is 6.01. The second kappa shape index (κ2) is 10.8. The minimum Gasteiger partial charge on any atom is -0.444 e. The smallest absolute Gasteiger partial charge is 0.410 e. The van der Waals surface area contributed by atoms with E-state index in [0.29, 0.717) is 38.3 Å². The summed E-state index contributed by atoms with van der Waals surface area (Å²) in [5.41, 5.74) is 5.94. The average molecular weight is 517 g/mol. The second-order valence-corrected chi connectivity index (χ2v) is 11.1. The Morgan fingerprint density at radius 2 is 1.89 bits per heavy atom. The number of amides is 1. The molecule has 0 unspecified atom stereocenters. The SMILES string of the molecule is CC(C)N1CCC[C@@H](c2ccc(-c3cc4c(N5CCN(C(=O)O[C@@H]6CCOC6)CC5)cc#[n+]n4c3)cc2)C1. The van der Waals surface area contributed by atoms with Crippen molar-refractivity contribution in [3.63, 3.8) is 0 Å². The molecule has 0 N–H and O–H groups in total. The zero-order chi connectivity index (χ0) is 26.1. The van der Waals surface area contributed by atoms with E-state index in [-0.39, 0.29) is 12.2 Å². The van der Waals surface area contributed by atoms with E-state index >= 15 is 0 Å². The summed E-state index contributed by atoms with van der Waals surface area (Å²) in [7, 11) is 0. The normalized spacial score (nSPS) is 22.7. The van der Waals surface area contributed by atoms with E-state index in [1.807, 2.05) is 10.6 Å². The third-order valence-corrected chi connectivity index (χ3v) is 8.36. The van der Waals surface area contributed by atoms with Gasteiger partial charge in [0.15, 0.2) is 0 Å². The quantitative estimate of drug-likeness (QED) is 0.516. The van der Waals surface area contributed by atoms with Gasteiger partial charge in [-0.3, -0.25) is 0 Å². The molecule has 2 atom stereocenters. The van der Waals surface area contributed by atoms with Gasteiger partial charge in [0.2, 0.25) is 0 Å². The standard InChI is InChI=1S/C30H38N5O3/c1-22(2)34-12-3-4-25(19-34)23-5-7-24(8-6-23)26-18-29-28(9-11-31-35(29)20-26)32-13-15-33(16-14-32)30(36)38-27-10-17-37-21-27/h5-9,18,20,22,25,27H,3-4,10,12-17,19,21H2,1-2H3/q+1/t25-,27-/m1/s1. The van der Waals surface area contributed by atoms with Crippen LogP contribution in [0.15, 0.2) is 42.6 Å². The molecule has 8 heteroatoms. The van der Waals surface area contributed by atoms with Crippen LogP contribution >= 0.6 is 0 Å². The van der Waals surface area contributed by atoms with E-state index in [1.54, 1.807) is 4.90 Å². The number of anilines is 1. The number of fused-ring (bicyclic) bond motifs is 1. The highest BCUT2D eigenvalue weighted by Crippen LogP contribution is 2.31. The Morgan fingerprint density at radius 1 is 1.08 bits per heavy atom. The molecule has 8 nitrogen and oxygen atoms in total. The average Bonchev–Trinajstić information content (AvgIpc) is 3.63. The lowest BCUT2D eigenvalue weighted by Crippen LogP contribution is -2.49. The van der Waals surface area contributed by atoms with E-state index in [1.165, 1.54) is 30.5 Å². The number of nitrogens with zero attached hydrogens (tertiary/aromatic N) is 5. The van der Waals surface area contributed by atoms with Crippen molar-refractivity contribution in [2.24, 2.45) is 0 Å². The highest BCUT2D eigenvalue weighted by Gasteiger charge is 2.28. The molecule has 3 saturated heterocycles. The minimum absolute atomic E-state index is 0.111. The first-order valence-corrected chi connectivity index (χ1v) is 14.1. The lowest BCUT2D eigenvalue weighted by molar-refractivity contribution is -0.392. The second-order valence-electron chi connectivity index (χ2n) is 11.1. The molecule has 1 aromatic carbocycles. The molecule has 6 rings (SSSR count). The first-order chi connectivity index (χ1) is 18.5. The van der Waals surface area contributed by atoms with E-state index in [4.69, 9.17) is 9.47 Å². The molecule has 0 aliphatic carbocycles. The number of benzene rings is 1. The monoisotopic (exact) mass is 516 g/mol. The summed E-state index contributed by atoms with van der Waals surface area (Å²) in [5.74, 6) is 0.610. The summed E-state index contributed by atoms with van der Waals surface area (Å²) in [4.78, 5) is 19.3. The maximum atomic E-state index is 12.5. The number of rotatable bonds is 5. The first kappa shape index (κ1) is 25.0. The molecule has 3 fully saturated rings. The highest BCUT2D eigenvalue weighted by molar-refractivity contribution is 5.79. The third kappa shape index (κ3) is 5.18. The van der Waals surface area contributed by atoms with Crippen LogP contribution < -0.4 is 10.00 Å². The minimum atomic E-state index is -0.231. The van der Waals surface area contributed by atoms with Crippen LogP contribution in [0.3, 0.4) is 0 Å². The van der Waals surface area contributed by atoms with Crippen molar-refractivity contribution in [1.29, 1.82) is 0 Å². The molecule has 2 aromatic heterocycles. The van der Waals surface area contributed by atoms with Crippen LogP contribution in [0.1, 0.15) is 44.6 Å². The summed E-state index contributed by atoms with van der Waals surface area (Å²) in [6, 6.07) is 13.9. The van der Waals surface area contributed by atoms with Crippen molar-refractivity contribution in [1.82, 2.24) is 14.3 Å². The molecular formula is C30H38N5O3+. The number of carbonyl (C=O) groups is 1. The number of likely N-dealkylation sites (tertiary alicyclic amines) is 1. The van der Waals surface area contributed by atoms with Crippen molar-refractivity contribution in [3.8, 4) is 11.1 Å². The number of piperidine rings is 1. The summed E-state index contributed by atoms with van der Waals surface area (Å²) < 4.78 is 12.8. The van der Waals surface area contributed by atoms with Gasteiger partial charge in [0.1, 0.15) is 11.6 Å². The van der Waals surface area contributed by atoms with Crippen molar-refractivity contribution >= 4 is 17.3 Å². The summed E-state index contributed by atoms with van der Waals surface area (Å²) in [6.07, 6.45) is 8.12. The van der Waals surface area contributed by atoms with E-state index in [0.717, 1.165) is 42.8 Å². The van der Waals surface area contributed by atoms with Crippen molar-refractivity contribution < 1.29 is 19.4 Å². The van der Waals surface area contributed by atoms with Crippen molar-refractivity contribution in [2.45, 2.75) is 51.2 Å². The van der Waals surface area contributed by atoms with Crippen LogP contribution in [-0.2, 0) is 9.47 Å². The molecular weight excluding hydrogens is 478 g/mol. The number of carbonyl (C=O) groups excluding carboxylic acids is 1. The molecule has 0 saturated carbocycles. The molecule has 1 amide bonds. The Morgan fingerprint density at radius 3 is 2.63 bits per heavy atom. The van der Waals surface area contributed by atoms with Crippen LogP contribution in [0, 0.1) is 6.20 Å². The van der Waals surface area contributed by atoms with Crippen LogP contribution in [-0.4, -0.2) is 85.0 Å². The van der Waals surface area contributed by atoms with Gasteiger partial charge < -0.3 is 24.2 Å². The van der Waals surface area contributed by atoms with Gasteiger partial charge in [-0.25, -0.2) is 4.79 Å². The molecule has 200 valence electrons. The summed E-state index contributed by atoms with van der Waals surface area (Å²) in [5, 5.41) is 4.46. The number of ether oxygens (including phenoxy) is 2. The Kier molecular flexibility index (Phi) is 7.14. The van der Waals surface area contributed by atoms with Gasteiger partial charge in [-0.05, 0) is 60.9 Å². The molecule has 3 aliphatic rings.